The fourth-order valence-electron chi connectivity index (χ4n) is 2.23. The molecule has 0 aliphatic heterocycles. The van der Waals surface area contributed by atoms with Crippen molar-refractivity contribution in [3.8, 4) is 0 Å². The number of aromatic nitrogens is 1. The zero-order valence-corrected chi connectivity index (χ0v) is 14.7. The number of hydrogen-bond acceptors (Lipinski definition) is 3. The van der Waals surface area contributed by atoms with E-state index in [0.29, 0.717) is 5.69 Å². The molecule has 0 radical (unpaired) electrons. The van der Waals surface area contributed by atoms with Crippen molar-refractivity contribution in [3.05, 3.63) is 58.3 Å². The average molecular weight is 379 g/mol. The molecule has 0 bridgehead atoms. The molecular formula is C17H19BrN2O3. The van der Waals surface area contributed by atoms with Crippen LogP contribution in [-0.2, 0) is 16.6 Å². The van der Waals surface area contributed by atoms with E-state index in [4.69, 9.17) is 4.74 Å². The third-order valence-corrected chi connectivity index (χ3v) is 4.03. The summed E-state index contributed by atoms with van der Waals surface area (Å²) in [6.45, 7) is 1.69. The highest BCUT2D eigenvalue weighted by Gasteiger charge is 2.16. The molecule has 1 aromatic carbocycles. The Morgan fingerprint density at radius 1 is 1.26 bits per heavy atom. The second kappa shape index (κ2) is 7.97. The van der Waals surface area contributed by atoms with Gasteiger partial charge < -0.3 is 14.6 Å². The van der Waals surface area contributed by atoms with E-state index in [0.717, 1.165) is 16.5 Å². The monoisotopic (exact) mass is 378 g/mol. The molecule has 2 rings (SSSR count). The molecule has 23 heavy (non-hydrogen) atoms. The van der Waals surface area contributed by atoms with Gasteiger partial charge in [-0.2, -0.15) is 0 Å². The molecule has 0 saturated carbocycles. The molecule has 5 nitrogen and oxygen atoms in total. The highest BCUT2D eigenvalue weighted by Crippen LogP contribution is 2.19. The number of amides is 1. The lowest BCUT2D eigenvalue weighted by Gasteiger charge is -2.17. The lowest BCUT2D eigenvalue weighted by molar-refractivity contribution is -0.125. The van der Waals surface area contributed by atoms with E-state index in [2.05, 4.69) is 21.2 Å². The van der Waals surface area contributed by atoms with Crippen LogP contribution in [0.2, 0.25) is 0 Å². The summed E-state index contributed by atoms with van der Waals surface area (Å²) in [5.41, 5.74) is 1.43. The number of carbonyl (C=O) groups is 2. The molecule has 0 fully saturated rings. The van der Waals surface area contributed by atoms with Crippen LogP contribution in [0.1, 0.15) is 35.4 Å². The molecule has 0 aliphatic carbocycles. The molecule has 1 N–H and O–H groups in total. The first-order valence-corrected chi connectivity index (χ1v) is 8.14. The van der Waals surface area contributed by atoms with Gasteiger partial charge in [-0.05, 0) is 36.2 Å². The number of ether oxygens (including phenoxy) is 1. The first kappa shape index (κ1) is 17.3. The van der Waals surface area contributed by atoms with Crippen LogP contribution in [0, 0.1) is 0 Å². The van der Waals surface area contributed by atoms with E-state index in [-0.39, 0.29) is 18.6 Å². The number of rotatable bonds is 6. The summed E-state index contributed by atoms with van der Waals surface area (Å²) in [5, 5.41) is 2.88. The standard InChI is InChI=1S/C17H19BrN2O3/c1-3-14(12-6-8-13(18)9-7-12)19-16(21)11-23-17(22)15-5-4-10-20(15)2/h4-10,14H,3,11H2,1-2H3,(H,19,21)/t14-/m0/s1. The predicted octanol–water partition coefficient (Wildman–Crippen LogP) is 3.21. The molecule has 1 aromatic heterocycles. The van der Waals surface area contributed by atoms with Gasteiger partial charge in [-0.1, -0.05) is 35.0 Å². The molecule has 2 aromatic rings. The van der Waals surface area contributed by atoms with Crippen molar-refractivity contribution in [2.45, 2.75) is 19.4 Å². The number of halogens is 1. The van der Waals surface area contributed by atoms with Crippen molar-refractivity contribution >= 4 is 27.8 Å². The van der Waals surface area contributed by atoms with Crippen LogP contribution in [0.5, 0.6) is 0 Å². The molecular weight excluding hydrogens is 360 g/mol. The predicted molar refractivity (Wildman–Crippen MR) is 91.0 cm³/mol. The topological polar surface area (TPSA) is 60.3 Å². The fraction of sp³-hybridized carbons (Fsp3) is 0.294. The van der Waals surface area contributed by atoms with Crippen LogP contribution in [0.15, 0.2) is 47.1 Å². The van der Waals surface area contributed by atoms with Crippen LogP contribution in [0.3, 0.4) is 0 Å². The minimum absolute atomic E-state index is 0.107. The minimum atomic E-state index is -0.510. The van der Waals surface area contributed by atoms with Gasteiger partial charge in [0, 0.05) is 17.7 Å². The molecule has 0 saturated heterocycles. The summed E-state index contributed by atoms with van der Waals surface area (Å²) in [7, 11) is 1.75. The average Bonchev–Trinajstić information content (AvgIpc) is 2.97. The Kier molecular flexibility index (Phi) is 5.98. The van der Waals surface area contributed by atoms with Gasteiger partial charge in [0.05, 0.1) is 6.04 Å². The number of nitrogens with one attached hydrogen (secondary N) is 1. The van der Waals surface area contributed by atoms with Crippen molar-refractivity contribution in [3.63, 3.8) is 0 Å². The number of benzene rings is 1. The SMILES string of the molecule is CC[C@H](NC(=O)COC(=O)c1cccn1C)c1ccc(Br)cc1. The summed E-state index contributed by atoms with van der Waals surface area (Å²) < 4.78 is 7.68. The molecule has 0 unspecified atom stereocenters. The molecule has 1 heterocycles. The van der Waals surface area contributed by atoms with Crippen molar-refractivity contribution in [1.29, 1.82) is 0 Å². The molecule has 122 valence electrons. The van der Waals surface area contributed by atoms with Gasteiger partial charge in [0.1, 0.15) is 5.69 Å². The maximum absolute atomic E-state index is 12.0. The Morgan fingerprint density at radius 3 is 2.52 bits per heavy atom. The highest BCUT2D eigenvalue weighted by molar-refractivity contribution is 9.10. The maximum Gasteiger partial charge on any atom is 0.355 e. The Bertz CT molecular complexity index is 679. The normalized spacial score (nSPS) is 11.8. The Morgan fingerprint density at radius 2 is 1.96 bits per heavy atom. The largest absolute Gasteiger partial charge is 0.451 e. The number of nitrogens with zero attached hydrogens (tertiary/aromatic N) is 1. The number of esters is 1. The maximum atomic E-state index is 12.0. The number of carbonyl (C=O) groups excluding carboxylic acids is 2. The van der Waals surface area contributed by atoms with Gasteiger partial charge in [0.2, 0.25) is 0 Å². The summed E-state index contributed by atoms with van der Waals surface area (Å²) in [5.74, 6) is -0.827. The van der Waals surface area contributed by atoms with Crippen LogP contribution in [0.4, 0.5) is 0 Å². The summed E-state index contributed by atoms with van der Waals surface area (Å²) in [4.78, 5) is 23.9. The Hall–Kier alpha value is -2.08. The Labute approximate surface area is 143 Å². The minimum Gasteiger partial charge on any atom is -0.451 e. The van der Waals surface area contributed by atoms with Gasteiger partial charge in [0.25, 0.3) is 5.91 Å². The molecule has 0 aliphatic rings. The van der Waals surface area contributed by atoms with Crippen LogP contribution >= 0.6 is 15.9 Å². The highest BCUT2D eigenvalue weighted by atomic mass is 79.9. The summed E-state index contributed by atoms with van der Waals surface area (Å²) in [6.07, 6.45) is 2.50. The molecule has 1 atom stereocenters. The molecule has 6 heteroatoms. The van der Waals surface area contributed by atoms with Crippen LogP contribution in [0.25, 0.3) is 0 Å². The zero-order valence-electron chi connectivity index (χ0n) is 13.1. The number of hydrogen-bond donors (Lipinski definition) is 1. The smallest absolute Gasteiger partial charge is 0.355 e. The Balaban J connectivity index is 1.89. The third kappa shape index (κ3) is 4.69. The third-order valence-electron chi connectivity index (χ3n) is 3.50. The van der Waals surface area contributed by atoms with Gasteiger partial charge in [-0.3, -0.25) is 4.79 Å². The van der Waals surface area contributed by atoms with Gasteiger partial charge in [0.15, 0.2) is 6.61 Å². The lowest BCUT2D eigenvalue weighted by atomic mass is 10.0. The summed E-state index contributed by atoms with van der Waals surface area (Å²) >= 11 is 3.39. The van der Waals surface area contributed by atoms with E-state index in [9.17, 15) is 9.59 Å². The van der Waals surface area contributed by atoms with Crippen molar-refractivity contribution in [2.24, 2.45) is 7.05 Å². The summed E-state index contributed by atoms with van der Waals surface area (Å²) in [6, 6.07) is 11.1. The van der Waals surface area contributed by atoms with Gasteiger partial charge >= 0.3 is 5.97 Å². The molecule has 1 amide bonds. The molecule has 0 spiro atoms. The zero-order chi connectivity index (χ0) is 16.8. The van der Waals surface area contributed by atoms with Crippen LogP contribution in [-0.4, -0.2) is 23.1 Å². The first-order valence-electron chi connectivity index (χ1n) is 7.34. The van der Waals surface area contributed by atoms with Gasteiger partial charge in [-0.25, -0.2) is 4.79 Å². The van der Waals surface area contributed by atoms with E-state index in [1.807, 2.05) is 31.2 Å². The second-order valence-corrected chi connectivity index (χ2v) is 6.08. The first-order chi connectivity index (χ1) is 11.0. The van der Waals surface area contributed by atoms with Crippen molar-refractivity contribution in [1.82, 2.24) is 9.88 Å². The van der Waals surface area contributed by atoms with Crippen molar-refractivity contribution < 1.29 is 14.3 Å². The number of aryl methyl sites for hydroxylation is 1. The van der Waals surface area contributed by atoms with E-state index in [1.54, 1.807) is 29.9 Å². The van der Waals surface area contributed by atoms with Gasteiger partial charge in [-0.15, -0.1) is 0 Å². The van der Waals surface area contributed by atoms with Crippen molar-refractivity contribution in [2.75, 3.05) is 6.61 Å². The second-order valence-electron chi connectivity index (χ2n) is 5.16. The van der Waals surface area contributed by atoms with E-state index < -0.39 is 5.97 Å². The van der Waals surface area contributed by atoms with E-state index >= 15 is 0 Å². The van der Waals surface area contributed by atoms with E-state index in [1.165, 1.54) is 0 Å². The lowest BCUT2D eigenvalue weighted by Crippen LogP contribution is -2.32. The fourth-order valence-corrected chi connectivity index (χ4v) is 2.49. The quantitative estimate of drug-likeness (QED) is 0.785. The van der Waals surface area contributed by atoms with Crippen LogP contribution < -0.4 is 5.32 Å².